The van der Waals surface area contributed by atoms with Gasteiger partial charge in [0.2, 0.25) is 0 Å². The Morgan fingerprint density at radius 1 is 0.902 bits per heavy atom. The van der Waals surface area contributed by atoms with E-state index in [0.29, 0.717) is 0 Å². The number of carbonyl (C=O) groups is 6. The van der Waals surface area contributed by atoms with E-state index in [1.165, 1.54) is 5.43 Å². The highest BCUT2D eigenvalue weighted by Crippen LogP contribution is 2.19. The lowest BCUT2D eigenvalue weighted by atomic mass is 10.2. The van der Waals surface area contributed by atoms with Crippen molar-refractivity contribution in [2.45, 2.75) is 77.2 Å². The first kappa shape index (κ1) is 37.0. The molecule has 21 heteroatoms. The maximum atomic E-state index is 12.2. The Morgan fingerprint density at radius 3 is 1.80 bits per heavy atom. The molecule has 1 heterocycles. The second kappa shape index (κ2) is 14.0. The van der Waals surface area contributed by atoms with Gasteiger partial charge >= 0.3 is 36.4 Å². The number of nitrogens with one attached hydrogen (secondary N) is 5. The van der Waals surface area contributed by atoms with E-state index in [1.54, 1.807) is 47.0 Å². The highest BCUT2D eigenvalue weighted by Gasteiger charge is 2.47. The molecule has 1 rings (SSSR count). The first-order valence-corrected chi connectivity index (χ1v) is 11.2. The lowest BCUT2D eigenvalue weighted by Gasteiger charge is -2.22. The van der Waals surface area contributed by atoms with Crippen LogP contribution in [0.15, 0.2) is 0 Å². The molecular weight excluding hydrogens is 582 g/mol. The molecule has 6 amide bonds. The van der Waals surface area contributed by atoms with E-state index in [4.69, 9.17) is 14.6 Å². The number of alkyl halides is 6. The van der Waals surface area contributed by atoms with Crippen molar-refractivity contribution in [2.24, 2.45) is 0 Å². The number of aliphatic hydroxyl groups is 1. The number of hydrogen-bond acceptors (Lipinski definition) is 9. The van der Waals surface area contributed by atoms with Gasteiger partial charge in [0.25, 0.3) is 11.8 Å². The van der Waals surface area contributed by atoms with Crippen molar-refractivity contribution in [3.63, 3.8) is 0 Å². The number of alkyl carbamates (subject to hydrolysis) is 2. The molecule has 0 aromatic carbocycles. The third kappa shape index (κ3) is 14.8. The molecule has 0 bridgehead atoms. The number of ether oxygens (including phenoxy) is 2. The summed E-state index contributed by atoms with van der Waals surface area (Å²) in [5.41, 5.74) is 2.56. The largest absolute Gasteiger partial charge is 0.473 e. The van der Waals surface area contributed by atoms with Gasteiger partial charge in [-0.3, -0.25) is 35.5 Å². The molecule has 6 N–H and O–H groups in total. The van der Waals surface area contributed by atoms with Crippen LogP contribution in [-0.4, -0.2) is 94.7 Å². The molecule has 0 spiro atoms. The number of aliphatic hydroxyl groups excluding tert-OH is 1. The van der Waals surface area contributed by atoms with Crippen LogP contribution in [0, 0.1) is 0 Å². The summed E-state index contributed by atoms with van der Waals surface area (Å²) in [6.07, 6.45) is -12.3. The molecule has 0 aromatic rings. The molecule has 15 nitrogen and oxygen atoms in total. The van der Waals surface area contributed by atoms with Gasteiger partial charge in [-0.25, -0.2) is 14.6 Å². The van der Waals surface area contributed by atoms with E-state index >= 15 is 0 Å². The maximum Gasteiger partial charge on any atom is 0.473 e. The number of rotatable bonds is 4. The van der Waals surface area contributed by atoms with Crippen LogP contribution in [0.4, 0.5) is 35.9 Å². The van der Waals surface area contributed by atoms with Gasteiger partial charge in [-0.2, -0.15) is 26.3 Å². The number of carbonyl (C=O) groups excluding carboxylic acids is 6. The number of amides is 6. The zero-order valence-electron chi connectivity index (χ0n) is 22.5. The third-order valence-corrected chi connectivity index (χ3v) is 3.85. The van der Waals surface area contributed by atoms with E-state index in [9.17, 15) is 55.1 Å². The van der Waals surface area contributed by atoms with Crippen molar-refractivity contribution in [2.75, 3.05) is 13.2 Å². The quantitative estimate of drug-likeness (QED) is 0.185. The smallest absolute Gasteiger partial charge is 0.444 e. The second-order valence-corrected chi connectivity index (χ2v) is 9.91. The van der Waals surface area contributed by atoms with Crippen molar-refractivity contribution >= 4 is 35.8 Å². The number of nitrogens with zero attached hydrogens (tertiary/aromatic N) is 1. The van der Waals surface area contributed by atoms with Gasteiger partial charge in [-0.1, -0.05) is 0 Å². The summed E-state index contributed by atoms with van der Waals surface area (Å²) in [7, 11) is 0. The zero-order chi connectivity index (χ0) is 32.6. The van der Waals surface area contributed by atoms with E-state index in [0.717, 1.165) is 5.43 Å². The summed E-state index contributed by atoms with van der Waals surface area (Å²) in [6.45, 7) is 7.85. The molecule has 0 unspecified atom stereocenters. The minimum Gasteiger partial charge on any atom is -0.444 e. The van der Waals surface area contributed by atoms with Crippen molar-refractivity contribution in [1.29, 1.82) is 0 Å². The summed E-state index contributed by atoms with van der Waals surface area (Å²) >= 11 is 0. The minimum absolute atomic E-state index is 0.102. The standard InChI is InChI=1S/C10H16F3N3O5.C10H14F3N3O4/c1-9(2,3)21-8(20)14-5(4-17)6(18)15-16-7(19)10(11,12)13;1-9(2,3)20-8(19)14-5-4-16(15-6(5)17)7(18)10(11,12)13/h5,17H,4H2,1-3H3,(H,14,20)(H,15,18)(H,16,19);5H,4H2,1-3H3,(H,14,19)(H,15,17)/t2*5-/m00/s1. The highest BCUT2D eigenvalue weighted by molar-refractivity contribution is 5.93. The van der Waals surface area contributed by atoms with E-state index in [1.807, 2.05) is 5.32 Å². The predicted octanol–water partition coefficient (Wildman–Crippen LogP) is -0.103. The van der Waals surface area contributed by atoms with E-state index in [-0.39, 0.29) is 5.01 Å². The fourth-order valence-corrected chi connectivity index (χ4v) is 2.29. The molecule has 1 aliphatic rings. The van der Waals surface area contributed by atoms with Crippen LogP contribution in [0.5, 0.6) is 0 Å². The van der Waals surface area contributed by atoms with E-state index in [2.05, 4.69) is 5.32 Å². The van der Waals surface area contributed by atoms with Crippen molar-refractivity contribution in [1.82, 2.24) is 31.9 Å². The Morgan fingerprint density at radius 2 is 1.39 bits per heavy atom. The van der Waals surface area contributed by atoms with Crippen LogP contribution in [0.25, 0.3) is 0 Å². The third-order valence-electron chi connectivity index (χ3n) is 3.85. The monoisotopic (exact) mass is 612 g/mol. The summed E-state index contributed by atoms with van der Waals surface area (Å²) in [4.78, 5) is 66.9. The minimum atomic E-state index is -5.18. The molecule has 41 heavy (non-hydrogen) atoms. The normalized spacial score (nSPS) is 16.3. The first-order valence-electron chi connectivity index (χ1n) is 11.2. The molecular formula is C20H30F6N6O9. The molecule has 1 saturated heterocycles. The van der Waals surface area contributed by atoms with E-state index < -0.39 is 84.6 Å². The molecule has 0 aromatic heterocycles. The topological polar surface area (TPSA) is 204 Å². The van der Waals surface area contributed by atoms with Crippen molar-refractivity contribution < 1.29 is 69.7 Å². The first-order chi connectivity index (χ1) is 18.3. The van der Waals surface area contributed by atoms with Crippen LogP contribution in [-0.2, 0) is 28.7 Å². The lowest BCUT2D eigenvalue weighted by molar-refractivity contribution is -0.187. The van der Waals surface area contributed by atoms with Crippen LogP contribution >= 0.6 is 0 Å². The molecule has 236 valence electrons. The Balaban J connectivity index is 0.000000781. The van der Waals surface area contributed by atoms with Gasteiger partial charge in [0.05, 0.1) is 13.2 Å². The van der Waals surface area contributed by atoms with Crippen LogP contribution in [0.1, 0.15) is 41.5 Å². The summed E-state index contributed by atoms with van der Waals surface area (Å²) in [5.74, 6) is -6.78. The van der Waals surface area contributed by atoms with Gasteiger partial charge in [0.15, 0.2) is 0 Å². The average molecular weight is 612 g/mol. The van der Waals surface area contributed by atoms with Gasteiger partial charge < -0.3 is 25.2 Å². The van der Waals surface area contributed by atoms with Gasteiger partial charge in [0.1, 0.15) is 23.3 Å². The fourth-order valence-electron chi connectivity index (χ4n) is 2.29. The molecule has 0 aliphatic carbocycles. The van der Waals surface area contributed by atoms with Crippen LogP contribution in [0.2, 0.25) is 0 Å². The number of hydrazine groups is 2. The number of hydrogen-bond donors (Lipinski definition) is 6. The average Bonchev–Trinajstić information content (AvgIpc) is 3.11. The molecule has 0 radical (unpaired) electrons. The van der Waals surface area contributed by atoms with Gasteiger partial charge in [-0.15, -0.1) is 0 Å². The number of halogens is 6. The van der Waals surface area contributed by atoms with Gasteiger partial charge in [0, 0.05) is 0 Å². The Labute approximate surface area is 228 Å². The highest BCUT2D eigenvalue weighted by atomic mass is 19.4. The Bertz CT molecular complexity index is 992. The van der Waals surface area contributed by atoms with Crippen LogP contribution < -0.4 is 26.9 Å². The van der Waals surface area contributed by atoms with Gasteiger partial charge in [-0.05, 0) is 41.5 Å². The fraction of sp³-hybridized carbons (Fsp3) is 0.700. The summed E-state index contributed by atoms with van der Waals surface area (Å²) in [6, 6.07) is -2.88. The van der Waals surface area contributed by atoms with Crippen molar-refractivity contribution in [3.8, 4) is 0 Å². The molecule has 1 fully saturated rings. The molecule has 1 aliphatic heterocycles. The maximum absolute atomic E-state index is 12.2. The Hall–Kier alpha value is -4.04. The lowest BCUT2D eigenvalue weighted by Crippen LogP contribution is -2.56. The van der Waals surface area contributed by atoms with Crippen LogP contribution in [0.3, 0.4) is 0 Å². The molecule has 2 atom stereocenters. The SMILES string of the molecule is CC(C)(C)OC(=O)N[C@@H](CO)C(=O)NNC(=O)C(F)(F)F.CC(C)(C)OC(=O)N[C@H]1CN(C(=O)C(F)(F)F)NC1=O. The molecule has 0 saturated carbocycles. The summed E-state index contributed by atoms with van der Waals surface area (Å²) < 4.78 is 81.8. The summed E-state index contributed by atoms with van der Waals surface area (Å²) in [5, 5.41) is 13.0. The zero-order valence-corrected chi connectivity index (χ0v) is 22.5. The van der Waals surface area contributed by atoms with Crippen molar-refractivity contribution in [3.05, 3.63) is 0 Å². The second-order valence-electron chi connectivity index (χ2n) is 9.91. The predicted molar refractivity (Wildman–Crippen MR) is 122 cm³/mol. The Kier molecular flexibility index (Phi) is 12.7.